The normalized spacial score (nSPS) is 15.0. The number of hydrogen-bond donors (Lipinski definition) is 1. The zero-order valence-electron chi connectivity index (χ0n) is 17.8. The van der Waals surface area contributed by atoms with Crippen LogP contribution in [0.2, 0.25) is 0 Å². The van der Waals surface area contributed by atoms with E-state index in [9.17, 15) is 4.79 Å². The van der Waals surface area contributed by atoms with E-state index in [1.54, 1.807) is 0 Å². The zero-order chi connectivity index (χ0) is 21.6. The molecule has 1 aromatic heterocycles. The van der Waals surface area contributed by atoms with Crippen LogP contribution in [0, 0.1) is 0 Å². The Morgan fingerprint density at radius 1 is 1.10 bits per heavy atom. The van der Waals surface area contributed by atoms with Gasteiger partial charge in [-0.05, 0) is 38.1 Å². The van der Waals surface area contributed by atoms with Crippen LogP contribution in [0.1, 0.15) is 13.8 Å². The smallest absolute Gasteiger partial charge is 0.237 e. The van der Waals surface area contributed by atoms with E-state index in [1.165, 1.54) is 11.8 Å². The first-order valence-electron chi connectivity index (χ1n) is 10.5. The Kier molecular flexibility index (Phi) is 6.89. The van der Waals surface area contributed by atoms with Crippen molar-refractivity contribution in [2.45, 2.75) is 30.8 Å². The number of amides is 1. The van der Waals surface area contributed by atoms with Gasteiger partial charge in [-0.3, -0.25) is 4.79 Å². The number of hydrogen-bond acceptors (Lipinski definition) is 6. The van der Waals surface area contributed by atoms with Crippen LogP contribution in [-0.4, -0.2) is 52.2 Å². The van der Waals surface area contributed by atoms with Crippen LogP contribution in [0.4, 0.5) is 11.4 Å². The zero-order valence-corrected chi connectivity index (χ0v) is 18.6. The molecule has 1 N–H and O–H groups in total. The van der Waals surface area contributed by atoms with E-state index in [4.69, 9.17) is 4.74 Å². The van der Waals surface area contributed by atoms with Crippen LogP contribution in [0.3, 0.4) is 0 Å². The van der Waals surface area contributed by atoms with Gasteiger partial charge in [-0.25, -0.2) is 0 Å². The maximum Gasteiger partial charge on any atom is 0.237 e. The summed E-state index contributed by atoms with van der Waals surface area (Å²) in [5.41, 5.74) is 2.95. The third-order valence-electron chi connectivity index (χ3n) is 5.23. The lowest BCUT2D eigenvalue weighted by Gasteiger charge is -2.28. The van der Waals surface area contributed by atoms with Gasteiger partial charge in [-0.15, -0.1) is 10.2 Å². The van der Waals surface area contributed by atoms with E-state index >= 15 is 0 Å². The van der Waals surface area contributed by atoms with Crippen molar-refractivity contribution in [2.75, 3.05) is 36.5 Å². The Balaban J connectivity index is 1.39. The summed E-state index contributed by atoms with van der Waals surface area (Å²) in [5, 5.41) is 12.1. The molecule has 1 atom stereocenters. The number of aromatic nitrogens is 3. The van der Waals surface area contributed by atoms with Gasteiger partial charge in [-0.2, -0.15) is 0 Å². The lowest BCUT2D eigenvalue weighted by Crippen LogP contribution is -2.36. The first kappa shape index (κ1) is 21.4. The minimum absolute atomic E-state index is 0.0592. The van der Waals surface area contributed by atoms with E-state index in [1.807, 2.05) is 66.1 Å². The molecule has 4 rings (SSSR count). The third-order valence-corrected chi connectivity index (χ3v) is 6.31. The molecule has 8 heteroatoms. The highest BCUT2D eigenvalue weighted by Gasteiger charge is 2.20. The Labute approximate surface area is 186 Å². The molecule has 1 saturated heterocycles. The van der Waals surface area contributed by atoms with Crippen LogP contribution in [0.15, 0.2) is 59.8 Å². The molecule has 1 fully saturated rings. The van der Waals surface area contributed by atoms with Gasteiger partial charge in [0.2, 0.25) is 5.91 Å². The number of anilines is 2. The number of morpholine rings is 1. The van der Waals surface area contributed by atoms with Crippen molar-refractivity contribution in [3.63, 3.8) is 0 Å². The van der Waals surface area contributed by atoms with Crippen LogP contribution in [0.25, 0.3) is 11.4 Å². The molecule has 7 nitrogen and oxygen atoms in total. The van der Waals surface area contributed by atoms with Crippen molar-refractivity contribution in [3.8, 4) is 11.4 Å². The molecule has 1 aliphatic rings. The molecule has 0 spiro atoms. The van der Waals surface area contributed by atoms with Crippen molar-refractivity contribution in [1.82, 2.24) is 14.8 Å². The number of nitrogens with one attached hydrogen (secondary N) is 1. The van der Waals surface area contributed by atoms with Crippen molar-refractivity contribution in [2.24, 2.45) is 0 Å². The van der Waals surface area contributed by atoms with Crippen molar-refractivity contribution in [3.05, 3.63) is 54.6 Å². The summed E-state index contributed by atoms with van der Waals surface area (Å²) in [4.78, 5) is 15.1. The van der Waals surface area contributed by atoms with Crippen molar-refractivity contribution in [1.29, 1.82) is 0 Å². The lowest BCUT2D eigenvalue weighted by atomic mass is 10.2. The molecule has 1 amide bonds. The highest BCUT2D eigenvalue weighted by molar-refractivity contribution is 8.00. The predicted octanol–water partition coefficient (Wildman–Crippen LogP) is 3.92. The van der Waals surface area contributed by atoms with Gasteiger partial charge in [0.05, 0.1) is 18.5 Å². The van der Waals surface area contributed by atoms with Crippen LogP contribution in [-0.2, 0) is 16.1 Å². The molecule has 3 aromatic rings. The molecular weight excluding hydrogens is 410 g/mol. The first-order chi connectivity index (χ1) is 15.2. The van der Waals surface area contributed by atoms with E-state index in [-0.39, 0.29) is 11.2 Å². The minimum Gasteiger partial charge on any atom is -0.378 e. The molecule has 0 aliphatic carbocycles. The second-order valence-electron chi connectivity index (χ2n) is 7.31. The lowest BCUT2D eigenvalue weighted by molar-refractivity contribution is -0.115. The average Bonchev–Trinajstić information content (AvgIpc) is 3.23. The number of benzene rings is 2. The molecule has 0 saturated carbocycles. The van der Waals surface area contributed by atoms with Crippen molar-refractivity contribution >= 4 is 29.0 Å². The average molecular weight is 438 g/mol. The largest absolute Gasteiger partial charge is 0.378 e. The quantitative estimate of drug-likeness (QED) is 0.565. The molecule has 0 bridgehead atoms. The van der Waals surface area contributed by atoms with E-state index in [0.717, 1.165) is 60.8 Å². The number of carbonyl (C=O) groups excluding carboxylic acids is 1. The summed E-state index contributed by atoms with van der Waals surface area (Å²) in [6.07, 6.45) is 0. The highest BCUT2D eigenvalue weighted by atomic mass is 32.2. The predicted molar refractivity (Wildman–Crippen MR) is 125 cm³/mol. The van der Waals surface area contributed by atoms with E-state index in [2.05, 4.69) is 27.3 Å². The van der Waals surface area contributed by atoms with Gasteiger partial charge in [0, 0.05) is 36.6 Å². The second kappa shape index (κ2) is 9.98. The van der Waals surface area contributed by atoms with Crippen LogP contribution < -0.4 is 10.2 Å². The summed E-state index contributed by atoms with van der Waals surface area (Å²) in [7, 11) is 0. The highest BCUT2D eigenvalue weighted by Crippen LogP contribution is 2.27. The Hall–Kier alpha value is -2.84. The fourth-order valence-electron chi connectivity index (χ4n) is 3.49. The monoisotopic (exact) mass is 437 g/mol. The van der Waals surface area contributed by atoms with E-state index < -0.39 is 0 Å². The fourth-order valence-corrected chi connectivity index (χ4v) is 4.41. The number of rotatable bonds is 7. The van der Waals surface area contributed by atoms with Gasteiger partial charge in [-0.1, -0.05) is 42.1 Å². The second-order valence-corrected chi connectivity index (χ2v) is 8.62. The fraction of sp³-hybridized carbons (Fsp3) is 0.348. The minimum atomic E-state index is -0.308. The number of carbonyl (C=O) groups is 1. The maximum absolute atomic E-state index is 12.8. The molecule has 2 aromatic carbocycles. The Morgan fingerprint density at radius 3 is 2.48 bits per heavy atom. The Morgan fingerprint density at radius 2 is 1.81 bits per heavy atom. The summed E-state index contributed by atoms with van der Waals surface area (Å²) in [5.74, 6) is 0.757. The maximum atomic E-state index is 12.8. The number of ether oxygens (including phenoxy) is 1. The van der Waals surface area contributed by atoms with Gasteiger partial charge >= 0.3 is 0 Å². The molecule has 2 heterocycles. The van der Waals surface area contributed by atoms with Crippen molar-refractivity contribution < 1.29 is 9.53 Å². The summed E-state index contributed by atoms with van der Waals surface area (Å²) in [6, 6.07) is 17.9. The molecule has 31 heavy (non-hydrogen) atoms. The van der Waals surface area contributed by atoms with Gasteiger partial charge in [0.25, 0.3) is 0 Å². The SMILES string of the molecule is CCn1c(SC(C)C(=O)Nc2ccc(N3CCOCC3)cc2)nnc1-c1ccccc1. The molecule has 1 aliphatic heterocycles. The number of thioether (sulfide) groups is 1. The Bertz CT molecular complexity index is 1000. The van der Waals surface area contributed by atoms with Gasteiger partial charge < -0.3 is 19.5 Å². The van der Waals surface area contributed by atoms with E-state index in [0.29, 0.717) is 0 Å². The molecule has 162 valence electrons. The van der Waals surface area contributed by atoms with Crippen LogP contribution in [0.5, 0.6) is 0 Å². The molecule has 1 unspecified atom stereocenters. The number of nitrogens with zero attached hydrogens (tertiary/aromatic N) is 4. The molecular formula is C23H27N5O2S. The third kappa shape index (κ3) is 5.08. The summed E-state index contributed by atoms with van der Waals surface area (Å²) < 4.78 is 7.45. The van der Waals surface area contributed by atoms with Gasteiger partial charge in [0.15, 0.2) is 11.0 Å². The molecule has 0 radical (unpaired) electrons. The van der Waals surface area contributed by atoms with Gasteiger partial charge in [0.1, 0.15) is 0 Å². The summed E-state index contributed by atoms with van der Waals surface area (Å²) in [6.45, 7) is 7.96. The first-order valence-corrected chi connectivity index (χ1v) is 11.4. The topological polar surface area (TPSA) is 72.3 Å². The van der Waals surface area contributed by atoms with Crippen LogP contribution >= 0.6 is 11.8 Å². The summed E-state index contributed by atoms with van der Waals surface area (Å²) >= 11 is 1.42. The standard InChI is InChI=1S/C23H27N5O2S/c1-3-28-21(18-7-5-4-6-8-18)25-26-23(28)31-17(2)22(29)24-19-9-11-20(12-10-19)27-13-15-30-16-14-27/h4-12,17H,3,13-16H2,1-2H3,(H,24,29).